The molecule has 2 nitrogen and oxygen atoms in total. The highest BCUT2D eigenvalue weighted by molar-refractivity contribution is 5.94. The molecule has 3 heteroatoms. The van der Waals surface area contributed by atoms with Crippen molar-refractivity contribution in [3.8, 4) is 0 Å². The lowest BCUT2D eigenvalue weighted by molar-refractivity contribution is 0.101. The number of nitrogens with two attached hydrogens (primary N) is 1. The lowest BCUT2D eigenvalue weighted by atomic mass is 10.0. The van der Waals surface area contributed by atoms with Crippen LogP contribution in [-0.4, -0.2) is 11.8 Å². The van der Waals surface area contributed by atoms with Gasteiger partial charge in [-0.15, -0.1) is 12.4 Å². The maximum atomic E-state index is 11.1. The lowest BCUT2D eigenvalue weighted by Gasteiger charge is -2.00. The van der Waals surface area contributed by atoms with Gasteiger partial charge in [0.05, 0.1) is 0 Å². The number of fused-ring (bicyclic) bond motifs is 1. The molecule has 1 atom stereocenters. The number of rotatable bonds is 1. The standard InChI is InChI=1S/C11H13NO.ClH/c1-7(13)8-2-3-9-5-11(12)6-10(9)4-8;/h2-4,11H,5-6,12H2,1H3;1H. The van der Waals surface area contributed by atoms with Gasteiger partial charge in [-0.25, -0.2) is 0 Å². The molecule has 0 bridgehead atoms. The van der Waals surface area contributed by atoms with Crippen LogP contribution in [0.5, 0.6) is 0 Å². The first-order valence-electron chi connectivity index (χ1n) is 4.55. The maximum absolute atomic E-state index is 11.1. The molecule has 0 aliphatic heterocycles. The molecule has 1 aliphatic carbocycles. The van der Waals surface area contributed by atoms with Crippen molar-refractivity contribution in [1.29, 1.82) is 0 Å². The average Bonchev–Trinajstić information content (AvgIpc) is 2.42. The van der Waals surface area contributed by atoms with Crippen molar-refractivity contribution in [3.05, 3.63) is 34.9 Å². The van der Waals surface area contributed by atoms with Crippen LogP contribution in [0.3, 0.4) is 0 Å². The molecule has 1 aliphatic rings. The van der Waals surface area contributed by atoms with E-state index in [1.165, 1.54) is 11.1 Å². The second-order valence-corrected chi connectivity index (χ2v) is 3.71. The number of hydrogen-bond acceptors (Lipinski definition) is 2. The third-order valence-corrected chi connectivity index (χ3v) is 2.58. The van der Waals surface area contributed by atoms with Gasteiger partial charge in [0.2, 0.25) is 0 Å². The average molecular weight is 212 g/mol. The number of halogens is 1. The summed E-state index contributed by atoms with van der Waals surface area (Å²) in [6, 6.07) is 6.14. The number of carbonyl (C=O) groups excluding carboxylic acids is 1. The van der Waals surface area contributed by atoms with Crippen molar-refractivity contribution >= 4 is 18.2 Å². The second kappa shape index (κ2) is 4.11. The van der Waals surface area contributed by atoms with Gasteiger partial charge >= 0.3 is 0 Å². The van der Waals surface area contributed by atoms with E-state index in [1.54, 1.807) is 6.92 Å². The molecule has 1 aromatic rings. The van der Waals surface area contributed by atoms with Gasteiger partial charge in [0, 0.05) is 11.6 Å². The second-order valence-electron chi connectivity index (χ2n) is 3.71. The zero-order valence-electron chi connectivity index (χ0n) is 8.12. The van der Waals surface area contributed by atoms with Gasteiger partial charge in [-0.1, -0.05) is 12.1 Å². The molecule has 0 fully saturated rings. The maximum Gasteiger partial charge on any atom is 0.159 e. The number of hydrogen-bond donors (Lipinski definition) is 1. The molecule has 1 aromatic carbocycles. The van der Waals surface area contributed by atoms with Crippen molar-refractivity contribution in [2.75, 3.05) is 0 Å². The molecule has 2 N–H and O–H groups in total. The predicted octanol–water partition coefficient (Wildman–Crippen LogP) is 1.74. The van der Waals surface area contributed by atoms with E-state index in [0.717, 1.165) is 18.4 Å². The summed E-state index contributed by atoms with van der Waals surface area (Å²) < 4.78 is 0. The summed E-state index contributed by atoms with van der Waals surface area (Å²) in [5.41, 5.74) is 9.18. The van der Waals surface area contributed by atoms with E-state index < -0.39 is 0 Å². The van der Waals surface area contributed by atoms with Gasteiger partial charge in [0.1, 0.15) is 0 Å². The van der Waals surface area contributed by atoms with Gasteiger partial charge in [-0.2, -0.15) is 0 Å². The topological polar surface area (TPSA) is 43.1 Å². The van der Waals surface area contributed by atoms with Gasteiger partial charge in [-0.05, 0) is 37.0 Å². The molecular weight excluding hydrogens is 198 g/mol. The zero-order chi connectivity index (χ0) is 9.42. The third kappa shape index (κ3) is 1.97. The minimum absolute atomic E-state index is 0. The highest BCUT2D eigenvalue weighted by Crippen LogP contribution is 2.22. The predicted molar refractivity (Wildman–Crippen MR) is 59.1 cm³/mol. The van der Waals surface area contributed by atoms with Gasteiger partial charge in [0.15, 0.2) is 5.78 Å². The van der Waals surface area contributed by atoms with Crippen LogP contribution < -0.4 is 5.73 Å². The monoisotopic (exact) mass is 211 g/mol. The number of ketones is 1. The Hall–Kier alpha value is -0.860. The highest BCUT2D eigenvalue weighted by atomic mass is 35.5. The molecule has 76 valence electrons. The number of benzene rings is 1. The zero-order valence-corrected chi connectivity index (χ0v) is 8.93. The minimum Gasteiger partial charge on any atom is -0.327 e. The normalized spacial score (nSPS) is 18.6. The molecule has 1 unspecified atom stereocenters. The van der Waals surface area contributed by atoms with E-state index in [9.17, 15) is 4.79 Å². The molecule has 0 saturated heterocycles. The van der Waals surface area contributed by atoms with Crippen LogP contribution in [0.1, 0.15) is 28.4 Å². The van der Waals surface area contributed by atoms with E-state index in [0.29, 0.717) is 0 Å². The first-order chi connectivity index (χ1) is 6.16. The van der Waals surface area contributed by atoms with Crippen LogP contribution in [0.2, 0.25) is 0 Å². The molecule has 0 aromatic heterocycles. The van der Waals surface area contributed by atoms with Crippen LogP contribution in [0, 0.1) is 0 Å². The summed E-state index contributed by atoms with van der Waals surface area (Å²) in [7, 11) is 0. The van der Waals surface area contributed by atoms with Crippen LogP contribution >= 0.6 is 12.4 Å². The largest absolute Gasteiger partial charge is 0.327 e. The summed E-state index contributed by atoms with van der Waals surface area (Å²) in [5, 5.41) is 0. The van der Waals surface area contributed by atoms with Crippen LogP contribution in [-0.2, 0) is 12.8 Å². The Labute approximate surface area is 89.9 Å². The summed E-state index contributed by atoms with van der Waals surface area (Å²) in [6.45, 7) is 1.59. The van der Waals surface area contributed by atoms with Crippen molar-refractivity contribution < 1.29 is 4.79 Å². The van der Waals surface area contributed by atoms with Crippen LogP contribution in [0.25, 0.3) is 0 Å². The SMILES string of the molecule is CC(=O)c1ccc2c(c1)CC(N)C2.Cl. The van der Waals surface area contributed by atoms with Crippen LogP contribution in [0.4, 0.5) is 0 Å². The van der Waals surface area contributed by atoms with Crippen molar-refractivity contribution in [2.45, 2.75) is 25.8 Å². The molecule has 14 heavy (non-hydrogen) atoms. The third-order valence-electron chi connectivity index (χ3n) is 2.58. The summed E-state index contributed by atoms with van der Waals surface area (Å²) >= 11 is 0. The molecule has 2 rings (SSSR count). The number of carbonyl (C=O) groups is 1. The van der Waals surface area contributed by atoms with E-state index in [1.807, 2.05) is 18.2 Å². The molecule has 0 radical (unpaired) electrons. The van der Waals surface area contributed by atoms with E-state index >= 15 is 0 Å². The highest BCUT2D eigenvalue weighted by Gasteiger charge is 2.18. The quantitative estimate of drug-likeness (QED) is 0.720. The fourth-order valence-corrected chi connectivity index (χ4v) is 1.87. The molecule has 0 spiro atoms. The van der Waals surface area contributed by atoms with E-state index in [2.05, 4.69) is 0 Å². The molecule has 0 saturated carbocycles. The van der Waals surface area contributed by atoms with Crippen LogP contribution in [0.15, 0.2) is 18.2 Å². The molecule has 0 heterocycles. The van der Waals surface area contributed by atoms with E-state index in [4.69, 9.17) is 5.73 Å². The Balaban J connectivity index is 0.000000980. The van der Waals surface area contributed by atoms with Gasteiger partial charge in [-0.3, -0.25) is 4.79 Å². The first kappa shape index (κ1) is 11.2. The fraction of sp³-hybridized carbons (Fsp3) is 0.364. The molecule has 0 amide bonds. The Morgan fingerprint density at radius 3 is 2.64 bits per heavy atom. The van der Waals surface area contributed by atoms with Crippen molar-refractivity contribution in [2.24, 2.45) is 5.73 Å². The Morgan fingerprint density at radius 1 is 1.36 bits per heavy atom. The summed E-state index contributed by atoms with van der Waals surface area (Å²) in [6.07, 6.45) is 1.87. The van der Waals surface area contributed by atoms with Gasteiger partial charge < -0.3 is 5.73 Å². The number of Topliss-reactive ketones (excluding diaryl/α,β-unsaturated/α-hetero) is 1. The summed E-state index contributed by atoms with van der Waals surface area (Å²) in [5.74, 6) is 0.128. The lowest BCUT2D eigenvalue weighted by Crippen LogP contribution is -2.18. The smallest absolute Gasteiger partial charge is 0.159 e. The summed E-state index contributed by atoms with van der Waals surface area (Å²) in [4.78, 5) is 11.1. The van der Waals surface area contributed by atoms with Crippen molar-refractivity contribution in [3.63, 3.8) is 0 Å². The first-order valence-corrected chi connectivity index (χ1v) is 4.55. The Morgan fingerprint density at radius 2 is 2.00 bits per heavy atom. The Bertz CT molecular complexity index is 362. The van der Waals surface area contributed by atoms with Gasteiger partial charge in [0.25, 0.3) is 0 Å². The Kier molecular flexibility index (Phi) is 3.29. The van der Waals surface area contributed by atoms with E-state index in [-0.39, 0.29) is 24.2 Å². The molecular formula is C11H14ClNO. The van der Waals surface area contributed by atoms with Crippen molar-refractivity contribution in [1.82, 2.24) is 0 Å². The fourth-order valence-electron chi connectivity index (χ4n) is 1.87. The minimum atomic E-state index is 0.